The summed E-state index contributed by atoms with van der Waals surface area (Å²) in [5.74, 6) is -0.346. The van der Waals surface area contributed by atoms with Crippen LogP contribution in [0.2, 0.25) is 0 Å². The molecular formula is C29H20BrF3N4O4S. The Hall–Kier alpha value is -4.36. The molecule has 2 heterocycles. The molecule has 1 fully saturated rings. The molecule has 3 aromatic carbocycles. The first-order chi connectivity index (χ1) is 19.9. The van der Waals surface area contributed by atoms with Gasteiger partial charge in [-0.05, 0) is 104 Å². The van der Waals surface area contributed by atoms with Crippen LogP contribution >= 0.6 is 27.7 Å². The number of rotatable bonds is 6. The highest BCUT2D eigenvalue weighted by molar-refractivity contribution is 9.10. The molecule has 42 heavy (non-hydrogen) atoms. The van der Waals surface area contributed by atoms with Gasteiger partial charge in [0.25, 0.3) is 5.91 Å². The molecule has 5 rings (SSSR count). The molecule has 4 aromatic rings. The van der Waals surface area contributed by atoms with Crippen molar-refractivity contribution in [1.29, 1.82) is 0 Å². The van der Waals surface area contributed by atoms with Gasteiger partial charge in [-0.3, -0.25) is 14.9 Å². The first-order valence-corrected chi connectivity index (χ1v) is 13.9. The van der Waals surface area contributed by atoms with Crippen LogP contribution in [0.1, 0.15) is 22.5 Å². The van der Waals surface area contributed by atoms with Gasteiger partial charge in [-0.25, -0.2) is 4.99 Å². The number of amides is 1. The Morgan fingerprint density at radius 3 is 2.38 bits per heavy atom. The molecule has 1 amide bonds. The fraction of sp³-hybridized carbons (Fsp3) is 0.103. The highest BCUT2D eigenvalue weighted by Gasteiger charge is 2.33. The monoisotopic (exact) mass is 656 g/mol. The minimum absolute atomic E-state index is 0.211. The summed E-state index contributed by atoms with van der Waals surface area (Å²) in [5, 5.41) is 14.6. The number of alkyl halides is 3. The van der Waals surface area contributed by atoms with Crippen LogP contribution in [0.3, 0.4) is 0 Å². The van der Waals surface area contributed by atoms with Crippen LogP contribution in [-0.4, -0.2) is 20.6 Å². The second-order valence-electron chi connectivity index (χ2n) is 9.15. The van der Waals surface area contributed by atoms with Gasteiger partial charge >= 0.3 is 11.9 Å². The van der Waals surface area contributed by atoms with Crippen LogP contribution in [0.25, 0.3) is 11.8 Å². The molecule has 1 aromatic heterocycles. The Morgan fingerprint density at radius 2 is 1.74 bits per heavy atom. The number of nitro groups is 1. The molecule has 0 atom stereocenters. The summed E-state index contributed by atoms with van der Waals surface area (Å²) in [4.78, 5) is 28.1. The summed E-state index contributed by atoms with van der Waals surface area (Å²) in [5.41, 5.74) is 2.11. The average molecular weight is 657 g/mol. The summed E-state index contributed by atoms with van der Waals surface area (Å²) < 4.78 is 47.5. The van der Waals surface area contributed by atoms with Gasteiger partial charge in [0.1, 0.15) is 5.75 Å². The number of nitrogens with zero attached hydrogens (tertiary/aromatic N) is 3. The van der Waals surface area contributed by atoms with Gasteiger partial charge in [0.2, 0.25) is 5.75 Å². The maximum atomic E-state index is 13.0. The Balaban J connectivity index is 1.36. The Labute approximate surface area is 250 Å². The summed E-state index contributed by atoms with van der Waals surface area (Å²) >= 11 is 4.63. The highest BCUT2D eigenvalue weighted by Crippen LogP contribution is 2.38. The van der Waals surface area contributed by atoms with E-state index in [1.807, 2.05) is 48.7 Å². The predicted octanol–water partition coefficient (Wildman–Crippen LogP) is 8.47. The Morgan fingerprint density at radius 1 is 1.05 bits per heavy atom. The molecule has 214 valence electrons. The van der Waals surface area contributed by atoms with E-state index in [1.165, 1.54) is 11.8 Å². The highest BCUT2D eigenvalue weighted by atomic mass is 79.9. The van der Waals surface area contributed by atoms with E-state index in [2.05, 4.69) is 26.2 Å². The lowest BCUT2D eigenvalue weighted by molar-refractivity contribution is -0.385. The number of amidine groups is 1. The fourth-order valence-corrected chi connectivity index (χ4v) is 5.40. The molecule has 0 radical (unpaired) electrons. The van der Waals surface area contributed by atoms with Gasteiger partial charge in [0, 0.05) is 27.6 Å². The van der Waals surface area contributed by atoms with Crippen LogP contribution in [0, 0.1) is 24.0 Å². The van der Waals surface area contributed by atoms with Crippen molar-refractivity contribution in [2.75, 3.05) is 0 Å². The van der Waals surface area contributed by atoms with Crippen molar-refractivity contribution in [2.24, 2.45) is 4.99 Å². The second-order valence-corrected chi connectivity index (χ2v) is 11.1. The summed E-state index contributed by atoms with van der Waals surface area (Å²) in [6, 6.07) is 18.0. The van der Waals surface area contributed by atoms with Crippen molar-refractivity contribution < 1.29 is 27.6 Å². The zero-order valence-corrected chi connectivity index (χ0v) is 24.3. The summed E-state index contributed by atoms with van der Waals surface area (Å²) in [7, 11) is 0. The van der Waals surface area contributed by atoms with Gasteiger partial charge in [0.15, 0.2) is 5.17 Å². The fourth-order valence-electron chi connectivity index (χ4n) is 4.30. The normalized spacial score (nSPS) is 15.3. The number of carbonyl (C=O) groups excluding carboxylic acids is 1. The third kappa shape index (κ3) is 6.26. The molecule has 0 saturated carbocycles. The topological polar surface area (TPSA) is 98.8 Å². The van der Waals surface area contributed by atoms with Gasteiger partial charge in [-0.1, -0.05) is 15.9 Å². The van der Waals surface area contributed by atoms with E-state index in [0.717, 1.165) is 39.2 Å². The van der Waals surface area contributed by atoms with Crippen molar-refractivity contribution in [3.63, 3.8) is 0 Å². The van der Waals surface area contributed by atoms with Crippen LogP contribution in [0.15, 0.2) is 87.2 Å². The average Bonchev–Trinajstić information content (AvgIpc) is 3.42. The maximum Gasteiger partial charge on any atom is 0.416 e. The van der Waals surface area contributed by atoms with Gasteiger partial charge < -0.3 is 14.6 Å². The standard InChI is InChI=1S/C29H20BrF3N4O4S/c1-16-13-18(14-26-27(38)35-28(42-26)34-21-6-4-20(30)5-7-21)17(2)36(16)22-8-10-23(11-9-22)41-25-12-3-19(29(31,32)33)15-24(25)37(39)40/h3-15H,1-2H3,(H,34,35,38)/b26-14-. The van der Waals surface area contributed by atoms with Crippen LogP contribution in [0.5, 0.6) is 11.5 Å². The molecular weight excluding hydrogens is 637 g/mol. The summed E-state index contributed by atoms with van der Waals surface area (Å²) in [6.07, 6.45) is -2.92. The van der Waals surface area contributed by atoms with E-state index in [1.54, 1.807) is 30.3 Å². The van der Waals surface area contributed by atoms with E-state index in [-0.39, 0.29) is 17.4 Å². The molecule has 13 heteroatoms. The number of nitrogens with one attached hydrogen (secondary N) is 1. The summed E-state index contributed by atoms with van der Waals surface area (Å²) in [6.45, 7) is 3.82. The first-order valence-electron chi connectivity index (χ1n) is 12.3. The van der Waals surface area contributed by atoms with Crippen molar-refractivity contribution >= 4 is 56.2 Å². The van der Waals surface area contributed by atoms with Crippen molar-refractivity contribution in [3.8, 4) is 17.2 Å². The SMILES string of the molecule is Cc1cc(/C=C2\SC(=Nc3ccc(Br)cc3)NC2=O)c(C)n1-c1ccc(Oc2ccc(C(F)(F)F)cc2[N+](=O)[O-])cc1. The molecule has 1 aliphatic heterocycles. The minimum Gasteiger partial charge on any atom is -0.450 e. The smallest absolute Gasteiger partial charge is 0.416 e. The molecule has 1 saturated heterocycles. The molecule has 0 aliphatic carbocycles. The van der Waals surface area contributed by atoms with Gasteiger partial charge in [-0.15, -0.1) is 0 Å². The van der Waals surface area contributed by atoms with Crippen molar-refractivity contribution in [1.82, 2.24) is 9.88 Å². The Kier molecular flexibility index (Phi) is 7.97. The van der Waals surface area contributed by atoms with Gasteiger partial charge in [0.05, 0.1) is 21.1 Å². The van der Waals surface area contributed by atoms with Crippen molar-refractivity contribution in [3.05, 3.63) is 115 Å². The number of aryl methyl sites for hydroxylation is 1. The van der Waals surface area contributed by atoms with Crippen LogP contribution in [0.4, 0.5) is 24.5 Å². The number of halogens is 4. The van der Waals surface area contributed by atoms with E-state index >= 15 is 0 Å². The molecule has 0 bridgehead atoms. The number of hydrogen-bond donors (Lipinski definition) is 1. The number of ether oxygens (including phenoxy) is 1. The quantitative estimate of drug-likeness (QED) is 0.127. The maximum absolute atomic E-state index is 13.0. The molecule has 8 nitrogen and oxygen atoms in total. The van der Waals surface area contributed by atoms with Crippen molar-refractivity contribution in [2.45, 2.75) is 20.0 Å². The number of thioether (sulfide) groups is 1. The van der Waals surface area contributed by atoms with E-state index in [4.69, 9.17) is 4.74 Å². The molecule has 1 aliphatic rings. The zero-order chi connectivity index (χ0) is 30.2. The predicted molar refractivity (Wildman–Crippen MR) is 158 cm³/mol. The lowest BCUT2D eigenvalue weighted by Crippen LogP contribution is -2.19. The molecule has 0 spiro atoms. The first kappa shape index (κ1) is 29.1. The molecule has 0 unspecified atom stereocenters. The third-order valence-corrected chi connectivity index (χ3v) is 7.71. The van der Waals surface area contributed by atoms with E-state index in [0.29, 0.717) is 21.8 Å². The third-order valence-electron chi connectivity index (χ3n) is 6.27. The Bertz CT molecular complexity index is 1770. The van der Waals surface area contributed by atoms with E-state index in [9.17, 15) is 28.1 Å². The lowest BCUT2D eigenvalue weighted by atomic mass is 10.2. The van der Waals surface area contributed by atoms with E-state index < -0.39 is 22.4 Å². The largest absolute Gasteiger partial charge is 0.450 e. The number of aliphatic imine (C=N–C) groups is 1. The van der Waals surface area contributed by atoms with Gasteiger partial charge in [-0.2, -0.15) is 13.2 Å². The number of carbonyl (C=O) groups is 1. The minimum atomic E-state index is -4.72. The van der Waals surface area contributed by atoms with Crippen LogP contribution in [-0.2, 0) is 11.0 Å². The molecule has 1 N–H and O–H groups in total. The number of hydrogen-bond acceptors (Lipinski definition) is 6. The number of benzene rings is 3. The zero-order valence-electron chi connectivity index (χ0n) is 21.9. The van der Waals surface area contributed by atoms with Crippen LogP contribution < -0.4 is 10.1 Å². The lowest BCUT2D eigenvalue weighted by Gasteiger charge is -2.12. The number of aromatic nitrogens is 1. The number of nitro benzene ring substituents is 1. The second kappa shape index (κ2) is 11.5.